The number of hydrogen-bond donors (Lipinski definition) is 2. The lowest BCUT2D eigenvalue weighted by molar-refractivity contribution is 0.0692. The molecule has 2 aromatic carbocycles. The van der Waals surface area contributed by atoms with Crippen LogP contribution in [0.5, 0.6) is 5.75 Å². The highest BCUT2D eigenvalue weighted by atomic mass is 79.9. The number of benzene rings is 2. The van der Waals surface area contributed by atoms with E-state index < -0.39 is 17.5 Å². The minimum absolute atomic E-state index is 0.0383. The fourth-order valence-electron chi connectivity index (χ4n) is 1.70. The van der Waals surface area contributed by atoms with Gasteiger partial charge in [-0.15, -0.1) is 0 Å². The molecule has 2 rings (SSSR count). The molecule has 0 radical (unpaired) electrons. The lowest BCUT2D eigenvalue weighted by Gasteiger charge is -2.11. The summed E-state index contributed by atoms with van der Waals surface area (Å²) < 4.78 is 19.6. The van der Waals surface area contributed by atoms with E-state index in [0.717, 1.165) is 16.1 Å². The molecule has 0 aliphatic rings. The van der Waals surface area contributed by atoms with Crippen LogP contribution in [0.2, 0.25) is 0 Å². The zero-order chi connectivity index (χ0) is 14.7. The Morgan fingerprint density at radius 3 is 2.75 bits per heavy atom. The van der Waals surface area contributed by atoms with E-state index in [1.807, 2.05) is 24.3 Å². The molecule has 4 nitrogen and oxygen atoms in total. The second kappa shape index (κ2) is 5.92. The molecule has 104 valence electrons. The zero-order valence-electron chi connectivity index (χ0n) is 10.3. The van der Waals surface area contributed by atoms with E-state index >= 15 is 0 Å². The largest absolute Gasteiger partial charge is 0.488 e. The van der Waals surface area contributed by atoms with Gasteiger partial charge in [0.05, 0.1) is 5.69 Å². The van der Waals surface area contributed by atoms with Crippen LogP contribution in [0.4, 0.5) is 10.1 Å². The summed E-state index contributed by atoms with van der Waals surface area (Å²) in [4.78, 5) is 11.1. The van der Waals surface area contributed by atoms with Crippen LogP contribution >= 0.6 is 15.9 Å². The highest BCUT2D eigenvalue weighted by molar-refractivity contribution is 9.10. The van der Waals surface area contributed by atoms with E-state index in [0.29, 0.717) is 0 Å². The predicted molar refractivity (Wildman–Crippen MR) is 76.2 cm³/mol. The number of rotatable bonds is 4. The molecular weight excluding hydrogens is 329 g/mol. The molecule has 0 heterocycles. The molecule has 0 aliphatic heterocycles. The first-order valence-electron chi connectivity index (χ1n) is 5.67. The van der Waals surface area contributed by atoms with Crippen LogP contribution in [-0.4, -0.2) is 11.1 Å². The Morgan fingerprint density at radius 1 is 1.35 bits per heavy atom. The van der Waals surface area contributed by atoms with Crippen LogP contribution in [0, 0.1) is 5.82 Å². The van der Waals surface area contributed by atoms with Crippen LogP contribution in [-0.2, 0) is 6.61 Å². The summed E-state index contributed by atoms with van der Waals surface area (Å²) in [6.07, 6.45) is 0. The first-order chi connectivity index (χ1) is 9.49. The van der Waals surface area contributed by atoms with Crippen molar-refractivity contribution in [2.75, 3.05) is 5.73 Å². The summed E-state index contributed by atoms with van der Waals surface area (Å²) in [5, 5.41) is 9.08. The van der Waals surface area contributed by atoms with Crippen molar-refractivity contribution in [2.24, 2.45) is 0 Å². The monoisotopic (exact) mass is 339 g/mol. The lowest BCUT2D eigenvalue weighted by Crippen LogP contribution is -2.08. The zero-order valence-corrected chi connectivity index (χ0v) is 11.9. The maximum absolute atomic E-state index is 13.3. The third kappa shape index (κ3) is 3.08. The summed E-state index contributed by atoms with van der Waals surface area (Å²) in [5.41, 5.74) is 5.49. The van der Waals surface area contributed by atoms with Gasteiger partial charge < -0.3 is 15.6 Å². The third-order valence-corrected chi connectivity index (χ3v) is 3.14. The summed E-state index contributed by atoms with van der Waals surface area (Å²) in [6, 6.07) is 9.71. The Hall–Kier alpha value is -2.08. The quantitative estimate of drug-likeness (QED) is 0.837. The second-order valence-electron chi connectivity index (χ2n) is 4.06. The minimum atomic E-state index is -1.33. The first-order valence-corrected chi connectivity index (χ1v) is 6.47. The van der Waals surface area contributed by atoms with E-state index in [1.54, 1.807) is 0 Å². The lowest BCUT2D eigenvalue weighted by atomic mass is 10.1. The van der Waals surface area contributed by atoms with Crippen molar-refractivity contribution in [1.82, 2.24) is 0 Å². The number of nitrogen functional groups attached to an aromatic ring is 1. The molecule has 0 saturated carbocycles. The molecule has 0 aliphatic carbocycles. The van der Waals surface area contributed by atoms with Gasteiger partial charge in [-0.05, 0) is 29.8 Å². The number of ether oxygens (including phenoxy) is 1. The van der Waals surface area contributed by atoms with E-state index in [9.17, 15) is 9.18 Å². The van der Waals surface area contributed by atoms with Crippen molar-refractivity contribution in [3.8, 4) is 5.75 Å². The Kier molecular flexibility index (Phi) is 4.24. The molecule has 0 fully saturated rings. The van der Waals surface area contributed by atoms with Gasteiger partial charge in [0.2, 0.25) is 0 Å². The Morgan fingerprint density at radius 2 is 2.10 bits per heavy atom. The smallest absolute Gasteiger partial charge is 0.341 e. The van der Waals surface area contributed by atoms with Gasteiger partial charge in [0, 0.05) is 4.47 Å². The Balaban J connectivity index is 2.26. The third-order valence-electron chi connectivity index (χ3n) is 2.65. The second-order valence-corrected chi connectivity index (χ2v) is 4.97. The Labute approximate surface area is 123 Å². The van der Waals surface area contributed by atoms with Gasteiger partial charge in [0.1, 0.15) is 23.7 Å². The number of carboxylic acids is 1. The fraction of sp³-hybridized carbons (Fsp3) is 0.0714. The highest BCUT2D eigenvalue weighted by Crippen LogP contribution is 2.28. The topological polar surface area (TPSA) is 72.5 Å². The van der Waals surface area contributed by atoms with Crippen molar-refractivity contribution < 1.29 is 19.0 Å². The number of nitrogens with two attached hydrogens (primary N) is 1. The van der Waals surface area contributed by atoms with Gasteiger partial charge >= 0.3 is 5.97 Å². The molecule has 0 atom stereocenters. The van der Waals surface area contributed by atoms with E-state index in [4.69, 9.17) is 15.6 Å². The molecule has 2 aromatic rings. The highest BCUT2D eigenvalue weighted by Gasteiger charge is 2.18. The van der Waals surface area contributed by atoms with E-state index in [-0.39, 0.29) is 17.9 Å². The van der Waals surface area contributed by atoms with Crippen molar-refractivity contribution in [1.29, 1.82) is 0 Å². The van der Waals surface area contributed by atoms with Crippen LogP contribution in [0.3, 0.4) is 0 Å². The molecule has 0 spiro atoms. The number of hydrogen-bond acceptors (Lipinski definition) is 3. The van der Waals surface area contributed by atoms with Crippen molar-refractivity contribution >= 4 is 27.6 Å². The number of aromatic carboxylic acids is 1. The number of halogens is 2. The van der Waals surface area contributed by atoms with Crippen molar-refractivity contribution in [2.45, 2.75) is 6.61 Å². The maximum Gasteiger partial charge on any atom is 0.341 e. The van der Waals surface area contributed by atoms with Gasteiger partial charge in [0.25, 0.3) is 0 Å². The van der Waals surface area contributed by atoms with E-state index in [2.05, 4.69) is 15.9 Å². The van der Waals surface area contributed by atoms with Crippen LogP contribution in [0.1, 0.15) is 15.9 Å². The molecule has 0 saturated heterocycles. The van der Waals surface area contributed by atoms with Gasteiger partial charge in [-0.1, -0.05) is 28.1 Å². The molecule has 3 N–H and O–H groups in total. The minimum Gasteiger partial charge on any atom is -0.488 e. The molecule has 0 bridgehead atoms. The van der Waals surface area contributed by atoms with Gasteiger partial charge in [-0.3, -0.25) is 0 Å². The SMILES string of the molecule is Nc1c(F)ccc(OCc2cccc(Br)c2)c1C(=O)O. The summed E-state index contributed by atoms with van der Waals surface area (Å²) in [6.45, 7) is 0.158. The van der Waals surface area contributed by atoms with Gasteiger partial charge in [-0.25, -0.2) is 9.18 Å². The van der Waals surface area contributed by atoms with E-state index in [1.165, 1.54) is 6.07 Å². The molecule has 0 aromatic heterocycles. The summed E-state index contributed by atoms with van der Waals surface area (Å²) in [7, 11) is 0. The van der Waals surface area contributed by atoms with Crippen LogP contribution < -0.4 is 10.5 Å². The van der Waals surface area contributed by atoms with Gasteiger partial charge in [0.15, 0.2) is 0 Å². The van der Waals surface area contributed by atoms with Gasteiger partial charge in [-0.2, -0.15) is 0 Å². The summed E-state index contributed by atoms with van der Waals surface area (Å²) >= 11 is 3.33. The number of carboxylic acid groups (broad SMARTS) is 1. The first kappa shape index (κ1) is 14.3. The van der Waals surface area contributed by atoms with Crippen molar-refractivity contribution in [3.05, 3.63) is 57.8 Å². The molecular formula is C14H11BrFNO3. The molecule has 0 unspecified atom stereocenters. The van der Waals surface area contributed by atoms with Crippen LogP contribution in [0.15, 0.2) is 40.9 Å². The van der Waals surface area contributed by atoms with Crippen LogP contribution in [0.25, 0.3) is 0 Å². The fourth-order valence-corrected chi connectivity index (χ4v) is 2.15. The average Bonchev–Trinajstić information content (AvgIpc) is 2.39. The maximum atomic E-state index is 13.3. The molecule has 20 heavy (non-hydrogen) atoms. The predicted octanol–water partition coefficient (Wildman–Crippen LogP) is 3.45. The summed E-state index contributed by atoms with van der Waals surface area (Å²) in [5.74, 6) is -2.07. The molecule has 6 heteroatoms. The normalized spacial score (nSPS) is 10.3. The Bertz CT molecular complexity index is 661. The molecule has 0 amide bonds. The van der Waals surface area contributed by atoms with Crippen molar-refractivity contribution in [3.63, 3.8) is 0 Å². The average molecular weight is 340 g/mol. The standard InChI is InChI=1S/C14H11BrFNO3/c15-9-3-1-2-8(6-9)7-20-11-5-4-10(16)13(17)12(11)14(18)19/h1-6H,7,17H2,(H,18,19). The number of carbonyl (C=O) groups is 1. The number of anilines is 1.